The minimum absolute atomic E-state index is 0.0311. The van der Waals surface area contributed by atoms with Crippen molar-refractivity contribution in [1.29, 1.82) is 0 Å². The number of rotatable bonds is 6. The number of thioether (sulfide) groups is 1. The Labute approximate surface area is 92.4 Å². The SMILES string of the molecule is Nc1cc(F)ccc1SCCOCCO. The summed E-state index contributed by atoms with van der Waals surface area (Å²) in [5.41, 5.74) is 6.07. The maximum absolute atomic E-state index is 12.7. The molecule has 0 heterocycles. The summed E-state index contributed by atoms with van der Waals surface area (Å²) >= 11 is 1.51. The minimum Gasteiger partial charge on any atom is -0.398 e. The first kappa shape index (κ1) is 12.3. The van der Waals surface area contributed by atoms with Gasteiger partial charge in [0.2, 0.25) is 0 Å². The van der Waals surface area contributed by atoms with Crippen LogP contribution in [-0.4, -0.2) is 30.7 Å². The molecule has 15 heavy (non-hydrogen) atoms. The van der Waals surface area contributed by atoms with E-state index in [2.05, 4.69) is 0 Å². The van der Waals surface area contributed by atoms with Crippen molar-refractivity contribution in [3.8, 4) is 0 Å². The molecule has 0 aromatic heterocycles. The van der Waals surface area contributed by atoms with E-state index in [9.17, 15) is 4.39 Å². The van der Waals surface area contributed by atoms with E-state index in [0.29, 0.717) is 18.9 Å². The van der Waals surface area contributed by atoms with Crippen molar-refractivity contribution in [3.05, 3.63) is 24.0 Å². The zero-order valence-electron chi connectivity index (χ0n) is 8.28. The maximum atomic E-state index is 12.7. The fourth-order valence-corrected chi connectivity index (χ4v) is 1.84. The van der Waals surface area contributed by atoms with E-state index in [1.165, 1.54) is 23.9 Å². The predicted molar refractivity (Wildman–Crippen MR) is 59.4 cm³/mol. The van der Waals surface area contributed by atoms with E-state index >= 15 is 0 Å². The van der Waals surface area contributed by atoms with Crippen LogP contribution in [-0.2, 0) is 4.74 Å². The number of nitrogens with two attached hydrogens (primary N) is 1. The van der Waals surface area contributed by atoms with E-state index in [1.54, 1.807) is 6.07 Å². The van der Waals surface area contributed by atoms with Gasteiger partial charge in [0.15, 0.2) is 0 Å². The molecular weight excluding hydrogens is 217 g/mol. The smallest absolute Gasteiger partial charge is 0.125 e. The number of nitrogen functional groups attached to an aromatic ring is 1. The van der Waals surface area contributed by atoms with Gasteiger partial charge in [-0.15, -0.1) is 11.8 Å². The number of hydrogen-bond donors (Lipinski definition) is 2. The van der Waals surface area contributed by atoms with Crippen LogP contribution in [0.5, 0.6) is 0 Å². The average Bonchev–Trinajstić information content (AvgIpc) is 2.20. The van der Waals surface area contributed by atoms with Gasteiger partial charge in [0.05, 0.1) is 19.8 Å². The van der Waals surface area contributed by atoms with Crippen molar-refractivity contribution in [2.75, 3.05) is 31.3 Å². The Kier molecular flexibility index (Phi) is 5.45. The van der Waals surface area contributed by atoms with E-state index in [-0.39, 0.29) is 12.4 Å². The van der Waals surface area contributed by atoms with Crippen LogP contribution in [0.3, 0.4) is 0 Å². The summed E-state index contributed by atoms with van der Waals surface area (Å²) < 4.78 is 17.8. The van der Waals surface area contributed by atoms with Gasteiger partial charge >= 0.3 is 0 Å². The molecule has 0 bridgehead atoms. The number of aliphatic hydroxyl groups excluding tert-OH is 1. The summed E-state index contributed by atoms with van der Waals surface area (Å²) in [7, 11) is 0. The Morgan fingerprint density at radius 2 is 2.20 bits per heavy atom. The van der Waals surface area contributed by atoms with Gasteiger partial charge in [0.1, 0.15) is 5.82 Å². The van der Waals surface area contributed by atoms with Crippen LogP contribution in [0.25, 0.3) is 0 Å². The van der Waals surface area contributed by atoms with Crippen molar-refractivity contribution in [2.24, 2.45) is 0 Å². The highest BCUT2D eigenvalue weighted by Gasteiger charge is 2.01. The number of ether oxygens (including phenoxy) is 1. The molecule has 0 aliphatic carbocycles. The zero-order valence-corrected chi connectivity index (χ0v) is 9.10. The average molecular weight is 231 g/mol. The molecule has 1 aromatic rings. The Morgan fingerprint density at radius 1 is 1.40 bits per heavy atom. The lowest BCUT2D eigenvalue weighted by Gasteiger charge is -2.05. The van der Waals surface area contributed by atoms with Crippen LogP contribution in [0.4, 0.5) is 10.1 Å². The Balaban J connectivity index is 2.31. The Morgan fingerprint density at radius 3 is 2.87 bits per heavy atom. The van der Waals surface area contributed by atoms with Gasteiger partial charge in [-0.2, -0.15) is 0 Å². The van der Waals surface area contributed by atoms with Gasteiger partial charge in [0, 0.05) is 16.3 Å². The highest BCUT2D eigenvalue weighted by molar-refractivity contribution is 7.99. The third-order valence-corrected chi connectivity index (χ3v) is 2.75. The predicted octanol–water partition coefficient (Wildman–Crippen LogP) is 1.51. The van der Waals surface area contributed by atoms with Crippen molar-refractivity contribution >= 4 is 17.4 Å². The van der Waals surface area contributed by atoms with E-state index in [1.807, 2.05) is 0 Å². The molecule has 0 amide bonds. The topological polar surface area (TPSA) is 55.5 Å². The number of benzene rings is 1. The largest absolute Gasteiger partial charge is 0.398 e. The Hall–Kier alpha value is -0.780. The molecule has 0 spiro atoms. The Bertz CT molecular complexity index is 309. The molecule has 3 nitrogen and oxygen atoms in total. The van der Waals surface area contributed by atoms with Crippen molar-refractivity contribution in [3.63, 3.8) is 0 Å². The first-order valence-corrected chi connectivity index (χ1v) is 5.59. The summed E-state index contributed by atoms with van der Waals surface area (Å²) in [4.78, 5) is 0.851. The van der Waals surface area contributed by atoms with Crippen molar-refractivity contribution < 1.29 is 14.2 Å². The molecule has 1 rings (SSSR count). The summed E-state index contributed by atoms with van der Waals surface area (Å²) in [6.45, 7) is 0.921. The molecule has 0 fully saturated rings. The maximum Gasteiger partial charge on any atom is 0.125 e. The molecule has 5 heteroatoms. The highest BCUT2D eigenvalue weighted by atomic mass is 32.2. The molecular formula is C10H14FNO2S. The molecule has 3 N–H and O–H groups in total. The third kappa shape index (κ3) is 4.51. The van der Waals surface area contributed by atoms with Gasteiger partial charge in [-0.1, -0.05) is 0 Å². The van der Waals surface area contributed by atoms with E-state index < -0.39 is 0 Å². The van der Waals surface area contributed by atoms with Crippen LogP contribution in [0.1, 0.15) is 0 Å². The van der Waals surface area contributed by atoms with Gasteiger partial charge in [-0.25, -0.2) is 4.39 Å². The molecule has 0 radical (unpaired) electrons. The number of aliphatic hydroxyl groups is 1. The summed E-state index contributed by atoms with van der Waals surface area (Å²) in [6, 6.07) is 4.34. The first-order chi connectivity index (χ1) is 7.24. The standard InChI is InChI=1S/C10H14FNO2S/c11-8-1-2-10(9(12)7-8)15-6-5-14-4-3-13/h1-2,7,13H,3-6,12H2. The second kappa shape index (κ2) is 6.66. The summed E-state index contributed by atoms with van der Waals surface area (Å²) in [5, 5.41) is 8.46. The van der Waals surface area contributed by atoms with Crippen LogP contribution < -0.4 is 5.73 Å². The normalized spacial score (nSPS) is 10.5. The summed E-state index contributed by atoms with van der Waals surface area (Å²) in [6.07, 6.45) is 0. The second-order valence-electron chi connectivity index (χ2n) is 2.87. The lowest BCUT2D eigenvalue weighted by atomic mass is 10.3. The van der Waals surface area contributed by atoms with Crippen molar-refractivity contribution in [1.82, 2.24) is 0 Å². The van der Waals surface area contributed by atoms with Crippen molar-refractivity contribution in [2.45, 2.75) is 4.90 Å². The molecule has 0 aliphatic rings. The van der Waals surface area contributed by atoms with Gasteiger partial charge in [-0.05, 0) is 18.2 Å². The van der Waals surface area contributed by atoms with Crippen LogP contribution in [0.2, 0.25) is 0 Å². The van der Waals surface area contributed by atoms with Gasteiger partial charge in [-0.3, -0.25) is 0 Å². The lowest BCUT2D eigenvalue weighted by Crippen LogP contribution is -2.02. The third-order valence-electron chi connectivity index (χ3n) is 1.69. The van der Waals surface area contributed by atoms with Gasteiger partial charge < -0.3 is 15.6 Å². The second-order valence-corrected chi connectivity index (χ2v) is 4.00. The van der Waals surface area contributed by atoms with E-state index in [4.69, 9.17) is 15.6 Å². The first-order valence-electron chi connectivity index (χ1n) is 4.60. The molecule has 0 atom stereocenters. The van der Waals surface area contributed by atoms with Crippen LogP contribution in [0, 0.1) is 5.82 Å². The highest BCUT2D eigenvalue weighted by Crippen LogP contribution is 2.25. The fourth-order valence-electron chi connectivity index (χ4n) is 1.03. The number of anilines is 1. The van der Waals surface area contributed by atoms with E-state index in [0.717, 1.165) is 10.6 Å². The monoisotopic (exact) mass is 231 g/mol. The molecule has 0 aliphatic heterocycles. The molecule has 0 unspecified atom stereocenters. The minimum atomic E-state index is -0.326. The molecule has 84 valence electrons. The molecule has 0 saturated heterocycles. The van der Waals surface area contributed by atoms with Gasteiger partial charge in [0.25, 0.3) is 0 Å². The summed E-state index contributed by atoms with van der Waals surface area (Å²) in [5.74, 6) is 0.406. The molecule has 0 saturated carbocycles. The molecule has 1 aromatic carbocycles. The van der Waals surface area contributed by atoms with Crippen LogP contribution in [0.15, 0.2) is 23.1 Å². The van der Waals surface area contributed by atoms with Crippen LogP contribution >= 0.6 is 11.8 Å². The number of hydrogen-bond acceptors (Lipinski definition) is 4. The quantitative estimate of drug-likeness (QED) is 0.442. The number of halogens is 1. The fraction of sp³-hybridized carbons (Fsp3) is 0.400. The lowest BCUT2D eigenvalue weighted by molar-refractivity contribution is 0.103. The zero-order chi connectivity index (χ0) is 11.1.